The summed E-state index contributed by atoms with van der Waals surface area (Å²) in [5, 5.41) is -0.536. The number of hydrogen-bond acceptors (Lipinski definition) is 2. The van der Waals surface area contributed by atoms with Gasteiger partial charge in [0.05, 0.1) is 0 Å². The number of allylic oxidation sites excluding steroid dienone is 9. The van der Waals surface area contributed by atoms with Crippen LogP contribution in [0.4, 0.5) is 4.79 Å². The molecule has 27 heavy (non-hydrogen) atoms. The highest BCUT2D eigenvalue weighted by Gasteiger charge is 2.26. The maximum absolute atomic E-state index is 12.0. The van der Waals surface area contributed by atoms with Crippen LogP contribution in [0, 0.1) is 5.41 Å². The van der Waals surface area contributed by atoms with Crippen molar-refractivity contribution in [2.45, 2.75) is 60.8 Å². The molecular weight excluding hydrogens is 354 g/mol. The highest BCUT2D eigenvalue weighted by molar-refractivity contribution is 7.96. The predicted octanol–water partition coefficient (Wildman–Crippen LogP) is 6.42. The summed E-state index contributed by atoms with van der Waals surface area (Å²) in [5.41, 5.74) is 5.11. The summed E-state index contributed by atoms with van der Waals surface area (Å²) in [7, 11) is 0. The van der Waals surface area contributed by atoms with Gasteiger partial charge in [-0.1, -0.05) is 68.0 Å². The third-order valence-electron chi connectivity index (χ3n) is 4.94. The second-order valence-electron chi connectivity index (χ2n) is 7.79. The lowest BCUT2D eigenvalue weighted by molar-refractivity contribution is -0.122. The van der Waals surface area contributed by atoms with Crippen molar-refractivity contribution in [3.05, 3.63) is 58.7 Å². The number of thiol groups is 1. The molecule has 1 aliphatic rings. The molecule has 0 aromatic heterocycles. The number of nitrogens with zero attached hydrogens (tertiary/aromatic N) is 1. The number of amides is 2. The van der Waals surface area contributed by atoms with Crippen LogP contribution in [0.5, 0.6) is 0 Å². The van der Waals surface area contributed by atoms with Gasteiger partial charge in [-0.2, -0.15) is 0 Å². The number of carbonyl (C=O) groups excluding carboxylic acids is 2. The monoisotopic (exact) mass is 387 g/mol. The minimum Gasteiger partial charge on any atom is -0.270 e. The van der Waals surface area contributed by atoms with E-state index in [1.165, 1.54) is 36.5 Å². The minimum absolute atomic E-state index is 0.240. The molecular formula is C23H33NO2S. The number of imide groups is 1. The molecule has 0 N–H and O–H groups in total. The van der Waals surface area contributed by atoms with E-state index in [-0.39, 0.29) is 11.3 Å². The van der Waals surface area contributed by atoms with Crippen molar-refractivity contribution in [1.29, 1.82) is 0 Å². The Morgan fingerprint density at radius 2 is 1.85 bits per heavy atom. The van der Waals surface area contributed by atoms with Gasteiger partial charge in [0.1, 0.15) is 0 Å². The van der Waals surface area contributed by atoms with Gasteiger partial charge in [0, 0.05) is 12.6 Å². The summed E-state index contributed by atoms with van der Waals surface area (Å²) >= 11 is 3.72. The van der Waals surface area contributed by atoms with Gasteiger partial charge in [-0.15, -0.1) is 0 Å². The van der Waals surface area contributed by atoms with E-state index in [9.17, 15) is 9.59 Å². The molecule has 0 aromatic rings. The second kappa shape index (κ2) is 10.5. The van der Waals surface area contributed by atoms with E-state index in [1.807, 2.05) is 25.2 Å². The molecule has 0 fully saturated rings. The molecule has 0 radical (unpaired) electrons. The van der Waals surface area contributed by atoms with Gasteiger partial charge in [-0.3, -0.25) is 14.5 Å². The Labute approximate surface area is 170 Å². The fraction of sp³-hybridized carbons (Fsp3) is 0.478. The average Bonchev–Trinajstić information content (AvgIpc) is 2.53. The normalized spacial score (nSPS) is 18.5. The molecule has 0 aliphatic heterocycles. The van der Waals surface area contributed by atoms with Crippen LogP contribution in [0.1, 0.15) is 60.8 Å². The molecule has 0 saturated carbocycles. The molecule has 0 saturated heterocycles. The number of carbonyl (C=O) groups is 2. The number of likely N-dealkylation sites (N-methyl/N-ethyl adjacent to an activating group) is 1. The minimum atomic E-state index is -0.536. The zero-order valence-electron chi connectivity index (χ0n) is 17.5. The van der Waals surface area contributed by atoms with Crippen molar-refractivity contribution in [2.24, 2.45) is 5.41 Å². The highest BCUT2D eigenvalue weighted by Crippen LogP contribution is 2.40. The van der Waals surface area contributed by atoms with Crippen LogP contribution in [0.3, 0.4) is 0 Å². The lowest BCUT2D eigenvalue weighted by Crippen LogP contribution is -2.31. The van der Waals surface area contributed by atoms with E-state index >= 15 is 0 Å². The summed E-state index contributed by atoms with van der Waals surface area (Å²) in [5.74, 6) is -0.345. The molecule has 2 amide bonds. The molecule has 0 bridgehead atoms. The Balaban J connectivity index is 2.79. The molecule has 4 heteroatoms. The topological polar surface area (TPSA) is 37.4 Å². The van der Waals surface area contributed by atoms with Gasteiger partial charge >= 0.3 is 0 Å². The molecule has 148 valence electrons. The highest BCUT2D eigenvalue weighted by atomic mass is 32.1. The summed E-state index contributed by atoms with van der Waals surface area (Å²) in [4.78, 5) is 24.4. The second-order valence-corrected chi connectivity index (χ2v) is 8.17. The van der Waals surface area contributed by atoms with Crippen LogP contribution in [0.2, 0.25) is 0 Å². The predicted molar refractivity (Wildman–Crippen MR) is 118 cm³/mol. The molecule has 3 nitrogen and oxygen atoms in total. The van der Waals surface area contributed by atoms with Crippen LogP contribution in [-0.2, 0) is 4.79 Å². The van der Waals surface area contributed by atoms with Gasteiger partial charge in [0.2, 0.25) is 0 Å². The molecule has 0 unspecified atom stereocenters. The molecule has 0 atom stereocenters. The summed E-state index contributed by atoms with van der Waals surface area (Å²) in [6.07, 6.45) is 15.3. The fourth-order valence-corrected chi connectivity index (χ4v) is 3.58. The van der Waals surface area contributed by atoms with E-state index in [0.717, 1.165) is 16.0 Å². The van der Waals surface area contributed by atoms with Crippen molar-refractivity contribution in [3.63, 3.8) is 0 Å². The van der Waals surface area contributed by atoms with Crippen molar-refractivity contribution in [3.8, 4) is 0 Å². The molecule has 0 heterocycles. The van der Waals surface area contributed by atoms with E-state index in [4.69, 9.17) is 0 Å². The largest absolute Gasteiger partial charge is 0.285 e. The van der Waals surface area contributed by atoms with Gasteiger partial charge in [-0.25, -0.2) is 0 Å². The lowest BCUT2D eigenvalue weighted by atomic mass is 9.72. The Kier molecular flexibility index (Phi) is 9.04. The zero-order chi connectivity index (χ0) is 20.6. The van der Waals surface area contributed by atoms with Gasteiger partial charge in [0.25, 0.3) is 11.1 Å². The van der Waals surface area contributed by atoms with Crippen molar-refractivity contribution >= 4 is 23.8 Å². The third-order valence-corrected chi connectivity index (χ3v) is 5.18. The maximum atomic E-state index is 12.0. The number of rotatable bonds is 6. The molecule has 1 aliphatic carbocycles. The molecule has 0 spiro atoms. The standard InChI is InChI=1S/C23H33NO2S/c1-7-24(22(26)27)21(25)16-18(3)11-8-10-17(2)13-14-20-19(4)12-9-15-23(20,5)6/h8,10-11,13-14,16H,7,9,12,15H2,1-6H3,(H,26,27). The van der Waals surface area contributed by atoms with E-state index in [1.54, 1.807) is 6.92 Å². The van der Waals surface area contributed by atoms with Crippen LogP contribution in [-0.4, -0.2) is 22.6 Å². The van der Waals surface area contributed by atoms with Crippen LogP contribution in [0.15, 0.2) is 58.7 Å². The zero-order valence-corrected chi connectivity index (χ0v) is 18.4. The van der Waals surface area contributed by atoms with Crippen LogP contribution >= 0.6 is 12.6 Å². The van der Waals surface area contributed by atoms with Crippen molar-refractivity contribution in [1.82, 2.24) is 4.90 Å². The quantitative estimate of drug-likeness (QED) is 0.324. The van der Waals surface area contributed by atoms with E-state index in [0.29, 0.717) is 6.54 Å². The Morgan fingerprint density at radius 3 is 2.41 bits per heavy atom. The number of hydrogen-bond donors (Lipinski definition) is 1. The molecule has 1 rings (SSSR count). The first kappa shape index (κ1) is 23.2. The van der Waals surface area contributed by atoms with E-state index < -0.39 is 5.24 Å². The summed E-state index contributed by atoms with van der Waals surface area (Å²) in [6, 6.07) is 0. The third kappa shape index (κ3) is 7.37. The van der Waals surface area contributed by atoms with Crippen molar-refractivity contribution < 1.29 is 9.59 Å². The summed E-state index contributed by atoms with van der Waals surface area (Å²) in [6.45, 7) is 12.8. The lowest BCUT2D eigenvalue weighted by Gasteiger charge is -2.32. The van der Waals surface area contributed by atoms with Crippen molar-refractivity contribution in [2.75, 3.05) is 6.54 Å². The molecule has 0 aromatic carbocycles. The fourth-order valence-electron chi connectivity index (χ4n) is 3.34. The van der Waals surface area contributed by atoms with Gasteiger partial charge in [-0.05, 0) is 63.5 Å². The smallest absolute Gasteiger partial charge is 0.270 e. The van der Waals surface area contributed by atoms with Gasteiger partial charge in [0.15, 0.2) is 0 Å². The van der Waals surface area contributed by atoms with Crippen LogP contribution in [0.25, 0.3) is 0 Å². The SMILES string of the molecule is CCN(C(=O)S)C(=O)C=C(C)C=CC=C(C)C=CC1=C(C)CCCC1(C)C. The van der Waals surface area contributed by atoms with Crippen LogP contribution < -0.4 is 0 Å². The van der Waals surface area contributed by atoms with Gasteiger partial charge < -0.3 is 0 Å². The first-order valence-corrected chi connectivity index (χ1v) is 9.99. The Morgan fingerprint density at radius 1 is 1.19 bits per heavy atom. The average molecular weight is 388 g/mol. The Bertz CT molecular complexity index is 721. The first-order valence-electron chi connectivity index (χ1n) is 9.54. The first-order chi connectivity index (χ1) is 12.6. The van der Waals surface area contributed by atoms with E-state index in [2.05, 4.69) is 52.5 Å². The maximum Gasteiger partial charge on any atom is 0.285 e. The Hall–Kier alpha value is -1.81. The summed E-state index contributed by atoms with van der Waals surface area (Å²) < 4.78 is 0.